The highest BCUT2D eigenvalue weighted by molar-refractivity contribution is 5.39. The molecule has 0 aromatic heterocycles. The quantitative estimate of drug-likeness (QED) is 0.699. The van der Waals surface area contributed by atoms with Crippen LogP contribution in [0.2, 0.25) is 0 Å². The molecule has 0 amide bonds. The number of hydrogen-bond acceptors (Lipinski definition) is 2. The molecule has 0 bridgehead atoms. The topological polar surface area (TPSA) is 6.48 Å². The van der Waals surface area contributed by atoms with Crippen LogP contribution in [0.5, 0.6) is 0 Å². The highest BCUT2D eigenvalue weighted by atomic mass is 15.4. The van der Waals surface area contributed by atoms with Crippen molar-refractivity contribution in [3.8, 4) is 0 Å². The maximum atomic E-state index is 4.04. The zero-order valence-corrected chi connectivity index (χ0v) is 11.2. The lowest BCUT2D eigenvalue weighted by Crippen LogP contribution is -2.26. The van der Waals surface area contributed by atoms with E-state index in [1.165, 1.54) is 0 Å². The molecule has 1 saturated heterocycles. The van der Waals surface area contributed by atoms with Crippen molar-refractivity contribution in [2.45, 2.75) is 33.7 Å². The predicted octanol–water partition coefficient (Wildman–Crippen LogP) is 3.72. The van der Waals surface area contributed by atoms with Crippen LogP contribution in [-0.2, 0) is 0 Å². The van der Waals surface area contributed by atoms with Crippen LogP contribution in [-0.4, -0.2) is 22.9 Å². The predicted molar refractivity (Wildman–Crippen MR) is 72.6 cm³/mol. The Morgan fingerprint density at radius 1 is 1.19 bits per heavy atom. The van der Waals surface area contributed by atoms with E-state index in [-0.39, 0.29) is 0 Å². The molecule has 1 rings (SSSR count). The Labute approximate surface area is 100 Å². The van der Waals surface area contributed by atoms with Crippen LogP contribution in [0.1, 0.15) is 27.7 Å². The molecule has 0 aliphatic carbocycles. The standard InChI is InChI=1S/C12H18N2.C2H6/c1-7-8-12-10(4)13(6)11(5)14(12)9(2)3;1-2/h7-9H,1,4-5H2,2-3,6H3;1-2H3/b12-8+;. The largest absolute Gasteiger partial charge is 0.330 e. The monoisotopic (exact) mass is 220 g/mol. The molecule has 0 N–H and O–H groups in total. The average molecular weight is 220 g/mol. The Hall–Kier alpha value is -1.44. The summed E-state index contributed by atoms with van der Waals surface area (Å²) in [6, 6.07) is 0.385. The molecule has 2 nitrogen and oxygen atoms in total. The number of allylic oxidation sites excluding steroid dienone is 2. The van der Waals surface area contributed by atoms with E-state index in [1.807, 2.05) is 31.9 Å². The van der Waals surface area contributed by atoms with E-state index in [0.717, 1.165) is 17.2 Å². The van der Waals surface area contributed by atoms with E-state index in [2.05, 4.69) is 38.5 Å². The summed E-state index contributed by atoms with van der Waals surface area (Å²) in [5, 5.41) is 0. The van der Waals surface area contributed by atoms with Crippen LogP contribution in [0.15, 0.2) is 49.1 Å². The first-order valence-electron chi connectivity index (χ1n) is 5.74. The fourth-order valence-electron chi connectivity index (χ4n) is 1.63. The van der Waals surface area contributed by atoms with Gasteiger partial charge in [-0.25, -0.2) is 0 Å². The first-order chi connectivity index (χ1) is 7.50. The molecule has 0 spiro atoms. The maximum absolute atomic E-state index is 4.04. The van der Waals surface area contributed by atoms with E-state index < -0.39 is 0 Å². The molecule has 1 heterocycles. The van der Waals surface area contributed by atoms with E-state index in [4.69, 9.17) is 0 Å². The molecule has 0 aromatic carbocycles. The van der Waals surface area contributed by atoms with Crippen molar-refractivity contribution >= 4 is 0 Å². The van der Waals surface area contributed by atoms with E-state index in [0.29, 0.717) is 6.04 Å². The van der Waals surface area contributed by atoms with Crippen molar-refractivity contribution in [3.63, 3.8) is 0 Å². The number of rotatable bonds is 2. The highest BCUT2D eigenvalue weighted by Crippen LogP contribution is 2.34. The molecule has 0 radical (unpaired) electrons. The van der Waals surface area contributed by atoms with Crippen LogP contribution in [0.25, 0.3) is 0 Å². The molecule has 16 heavy (non-hydrogen) atoms. The summed E-state index contributed by atoms with van der Waals surface area (Å²) in [6.07, 6.45) is 3.75. The fourth-order valence-corrected chi connectivity index (χ4v) is 1.63. The van der Waals surface area contributed by atoms with Crippen molar-refractivity contribution in [1.82, 2.24) is 9.80 Å². The second kappa shape index (κ2) is 6.21. The summed E-state index contributed by atoms with van der Waals surface area (Å²) < 4.78 is 0. The number of hydrogen-bond donors (Lipinski definition) is 0. The average Bonchev–Trinajstić information content (AvgIpc) is 2.47. The second-order valence-electron chi connectivity index (χ2n) is 3.67. The van der Waals surface area contributed by atoms with Gasteiger partial charge in [-0.15, -0.1) is 0 Å². The Morgan fingerprint density at radius 2 is 1.69 bits per heavy atom. The summed E-state index contributed by atoms with van der Waals surface area (Å²) in [7, 11) is 1.98. The smallest absolute Gasteiger partial charge is 0.106 e. The fraction of sp³-hybridized carbons (Fsp3) is 0.429. The Bertz CT molecular complexity index is 311. The molecular weight excluding hydrogens is 196 g/mol. The zero-order chi connectivity index (χ0) is 12.9. The molecule has 0 aromatic rings. The molecule has 2 heteroatoms. The van der Waals surface area contributed by atoms with Crippen LogP contribution in [0.4, 0.5) is 0 Å². The van der Waals surface area contributed by atoms with Gasteiger partial charge < -0.3 is 9.80 Å². The lowest BCUT2D eigenvalue weighted by Gasteiger charge is -2.24. The summed E-state index contributed by atoms with van der Waals surface area (Å²) in [6.45, 7) is 20.0. The molecule has 0 unspecified atom stereocenters. The van der Waals surface area contributed by atoms with Crippen molar-refractivity contribution < 1.29 is 0 Å². The van der Waals surface area contributed by atoms with Crippen LogP contribution < -0.4 is 0 Å². The zero-order valence-electron chi connectivity index (χ0n) is 11.2. The summed E-state index contributed by atoms with van der Waals surface area (Å²) in [5.74, 6) is 0.970. The number of likely N-dealkylation sites (N-methyl/N-ethyl adjacent to an activating group) is 1. The first-order valence-corrected chi connectivity index (χ1v) is 5.74. The summed E-state index contributed by atoms with van der Waals surface area (Å²) in [5.41, 5.74) is 2.06. The minimum Gasteiger partial charge on any atom is -0.330 e. The van der Waals surface area contributed by atoms with Crippen molar-refractivity contribution in [2.75, 3.05) is 7.05 Å². The Morgan fingerprint density at radius 3 is 2.06 bits per heavy atom. The van der Waals surface area contributed by atoms with E-state index in [9.17, 15) is 0 Å². The van der Waals surface area contributed by atoms with Gasteiger partial charge in [-0.1, -0.05) is 39.7 Å². The van der Waals surface area contributed by atoms with Gasteiger partial charge in [0.2, 0.25) is 0 Å². The van der Waals surface area contributed by atoms with Crippen molar-refractivity contribution in [1.29, 1.82) is 0 Å². The van der Waals surface area contributed by atoms with Crippen molar-refractivity contribution in [2.24, 2.45) is 0 Å². The van der Waals surface area contributed by atoms with Crippen LogP contribution in [0, 0.1) is 0 Å². The second-order valence-corrected chi connectivity index (χ2v) is 3.67. The highest BCUT2D eigenvalue weighted by Gasteiger charge is 2.30. The molecule has 90 valence electrons. The van der Waals surface area contributed by atoms with Crippen molar-refractivity contribution in [3.05, 3.63) is 49.1 Å². The van der Waals surface area contributed by atoms with Crippen LogP contribution >= 0.6 is 0 Å². The van der Waals surface area contributed by atoms with Gasteiger partial charge in [-0.05, 0) is 19.9 Å². The Kier molecular flexibility index (Phi) is 5.65. The third kappa shape index (κ3) is 2.57. The van der Waals surface area contributed by atoms with Gasteiger partial charge in [0.05, 0.1) is 11.4 Å². The molecule has 0 atom stereocenters. The molecule has 1 aliphatic rings. The maximum Gasteiger partial charge on any atom is 0.106 e. The molecule has 1 fully saturated rings. The van der Waals surface area contributed by atoms with E-state index >= 15 is 0 Å². The van der Waals surface area contributed by atoms with E-state index in [1.54, 1.807) is 6.08 Å². The summed E-state index contributed by atoms with van der Waals surface area (Å²) in [4.78, 5) is 4.15. The number of nitrogens with zero attached hydrogens (tertiary/aromatic N) is 2. The molecule has 1 aliphatic heterocycles. The third-order valence-electron chi connectivity index (χ3n) is 2.42. The summed E-state index contributed by atoms with van der Waals surface area (Å²) >= 11 is 0. The normalized spacial score (nSPS) is 18.0. The first kappa shape index (κ1) is 14.6. The molecule has 0 saturated carbocycles. The third-order valence-corrected chi connectivity index (χ3v) is 2.42. The van der Waals surface area contributed by atoms with Gasteiger partial charge in [0.15, 0.2) is 0 Å². The SMILES string of the molecule is C=C/C=C1\C(=C)N(C)C(=C)N1C(C)C.CC. The minimum atomic E-state index is 0.385. The lowest BCUT2D eigenvalue weighted by atomic mass is 10.2. The van der Waals surface area contributed by atoms with Gasteiger partial charge >= 0.3 is 0 Å². The van der Waals surface area contributed by atoms with Gasteiger partial charge in [0.1, 0.15) is 5.82 Å². The molecular formula is C14H24N2. The van der Waals surface area contributed by atoms with Gasteiger partial charge in [0, 0.05) is 13.1 Å². The van der Waals surface area contributed by atoms with Crippen LogP contribution in [0.3, 0.4) is 0 Å². The Balaban J connectivity index is 0.00000106. The lowest BCUT2D eigenvalue weighted by molar-refractivity contribution is 0.340. The van der Waals surface area contributed by atoms with Gasteiger partial charge in [0.25, 0.3) is 0 Å². The minimum absolute atomic E-state index is 0.385. The van der Waals surface area contributed by atoms with Gasteiger partial charge in [-0.2, -0.15) is 0 Å². The van der Waals surface area contributed by atoms with Gasteiger partial charge in [-0.3, -0.25) is 0 Å².